The molecule has 1 aromatic heterocycles. The van der Waals surface area contributed by atoms with E-state index in [9.17, 15) is 0 Å². The molecule has 1 rings (SSSR count). The normalized spacial score (nSPS) is 9.85. The van der Waals surface area contributed by atoms with E-state index in [-0.39, 0.29) is 0 Å². The van der Waals surface area contributed by atoms with Crippen LogP contribution in [0.3, 0.4) is 0 Å². The van der Waals surface area contributed by atoms with Crippen LogP contribution in [0.1, 0.15) is 12.6 Å². The molecule has 0 aliphatic carbocycles. The third-order valence-electron chi connectivity index (χ3n) is 1.43. The number of nitriles is 1. The van der Waals surface area contributed by atoms with Gasteiger partial charge in [-0.15, -0.1) is 0 Å². The Bertz CT molecular complexity index is 322. The van der Waals surface area contributed by atoms with Crippen LogP contribution in [0.25, 0.3) is 0 Å². The molecule has 3 nitrogen and oxygen atoms in total. The first-order valence-corrected chi connectivity index (χ1v) is 3.97. The summed E-state index contributed by atoms with van der Waals surface area (Å²) in [6, 6.07) is 5.30. The molecule has 0 amide bonds. The Morgan fingerprint density at radius 2 is 2.46 bits per heavy atom. The molecular formula is C10H10N2O. The van der Waals surface area contributed by atoms with Crippen molar-refractivity contribution >= 4 is 0 Å². The van der Waals surface area contributed by atoms with Crippen LogP contribution in [0.2, 0.25) is 0 Å². The van der Waals surface area contributed by atoms with Gasteiger partial charge in [-0.1, -0.05) is 12.2 Å². The summed E-state index contributed by atoms with van der Waals surface area (Å²) in [7, 11) is 0. The van der Waals surface area contributed by atoms with Gasteiger partial charge in [-0.05, 0) is 19.1 Å². The zero-order valence-electron chi connectivity index (χ0n) is 7.40. The standard InChI is InChI=1S/C10H10N2O/c1-2-3-6-13-10-5-4-9(7-11)12-8-10/h2-5,8H,6H2,1H3/b3-2+. The molecular weight excluding hydrogens is 164 g/mol. The Morgan fingerprint density at radius 3 is 3.00 bits per heavy atom. The molecule has 0 saturated carbocycles. The second kappa shape index (κ2) is 4.94. The molecule has 0 radical (unpaired) electrons. The Morgan fingerprint density at radius 1 is 1.62 bits per heavy atom. The molecule has 1 aromatic rings. The van der Waals surface area contributed by atoms with Crippen molar-refractivity contribution in [2.75, 3.05) is 6.61 Å². The predicted molar refractivity (Wildman–Crippen MR) is 49.3 cm³/mol. The molecule has 0 bridgehead atoms. The van der Waals surface area contributed by atoms with Gasteiger partial charge in [0.15, 0.2) is 0 Å². The first kappa shape index (κ1) is 9.27. The van der Waals surface area contributed by atoms with Gasteiger partial charge in [-0.3, -0.25) is 0 Å². The second-order valence-electron chi connectivity index (χ2n) is 2.37. The van der Waals surface area contributed by atoms with Crippen molar-refractivity contribution in [3.05, 3.63) is 36.2 Å². The summed E-state index contributed by atoms with van der Waals surface area (Å²) in [5.74, 6) is 0.678. The van der Waals surface area contributed by atoms with E-state index < -0.39 is 0 Å². The number of allylic oxidation sites excluding steroid dienone is 1. The van der Waals surface area contributed by atoms with E-state index in [1.165, 1.54) is 0 Å². The van der Waals surface area contributed by atoms with Crippen molar-refractivity contribution in [3.63, 3.8) is 0 Å². The minimum absolute atomic E-state index is 0.401. The van der Waals surface area contributed by atoms with Crippen LogP contribution in [0.5, 0.6) is 5.75 Å². The average Bonchev–Trinajstić information content (AvgIpc) is 2.19. The Kier molecular flexibility index (Phi) is 3.52. The zero-order chi connectivity index (χ0) is 9.52. The monoisotopic (exact) mass is 174 g/mol. The largest absolute Gasteiger partial charge is 0.488 e. The molecule has 66 valence electrons. The average molecular weight is 174 g/mol. The van der Waals surface area contributed by atoms with Gasteiger partial charge in [0.05, 0.1) is 6.20 Å². The fraction of sp³-hybridized carbons (Fsp3) is 0.200. The van der Waals surface area contributed by atoms with Crippen molar-refractivity contribution in [2.45, 2.75) is 6.92 Å². The van der Waals surface area contributed by atoms with Crippen LogP contribution in [0.15, 0.2) is 30.5 Å². The van der Waals surface area contributed by atoms with Crippen molar-refractivity contribution in [2.24, 2.45) is 0 Å². The topological polar surface area (TPSA) is 45.9 Å². The van der Waals surface area contributed by atoms with Gasteiger partial charge in [0, 0.05) is 0 Å². The molecule has 0 fully saturated rings. The minimum Gasteiger partial charge on any atom is -0.488 e. The van der Waals surface area contributed by atoms with Crippen LogP contribution in [-0.4, -0.2) is 11.6 Å². The molecule has 0 saturated heterocycles. The summed E-state index contributed by atoms with van der Waals surface area (Å²) in [5, 5.41) is 8.48. The lowest BCUT2D eigenvalue weighted by atomic mass is 10.4. The van der Waals surface area contributed by atoms with Crippen LogP contribution < -0.4 is 4.74 Å². The van der Waals surface area contributed by atoms with Gasteiger partial charge in [0.1, 0.15) is 24.1 Å². The lowest BCUT2D eigenvalue weighted by Gasteiger charge is -2.00. The number of hydrogen-bond acceptors (Lipinski definition) is 3. The van der Waals surface area contributed by atoms with E-state index in [1.807, 2.05) is 25.1 Å². The molecule has 1 heterocycles. The predicted octanol–water partition coefficient (Wildman–Crippen LogP) is 1.91. The molecule has 0 N–H and O–H groups in total. The zero-order valence-corrected chi connectivity index (χ0v) is 7.40. The highest BCUT2D eigenvalue weighted by Gasteiger charge is 1.93. The maximum absolute atomic E-state index is 8.48. The first-order chi connectivity index (χ1) is 6.36. The summed E-state index contributed by atoms with van der Waals surface area (Å²) in [5.41, 5.74) is 0.401. The van der Waals surface area contributed by atoms with E-state index in [0.717, 1.165) is 0 Å². The van der Waals surface area contributed by atoms with Crippen molar-refractivity contribution in [3.8, 4) is 11.8 Å². The maximum atomic E-state index is 8.48. The van der Waals surface area contributed by atoms with Gasteiger partial charge in [-0.2, -0.15) is 5.26 Å². The van der Waals surface area contributed by atoms with Gasteiger partial charge in [-0.25, -0.2) is 4.98 Å². The summed E-state index contributed by atoms with van der Waals surface area (Å²) in [6.07, 6.45) is 5.36. The maximum Gasteiger partial charge on any atom is 0.140 e. The number of ether oxygens (including phenoxy) is 1. The number of aromatic nitrogens is 1. The highest BCUT2D eigenvalue weighted by molar-refractivity contribution is 5.26. The highest BCUT2D eigenvalue weighted by atomic mass is 16.5. The summed E-state index contributed by atoms with van der Waals surface area (Å²) >= 11 is 0. The van der Waals surface area contributed by atoms with Crippen molar-refractivity contribution in [1.29, 1.82) is 5.26 Å². The van der Waals surface area contributed by atoms with Gasteiger partial charge < -0.3 is 4.74 Å². The number of hydrogen-bond donors (Lipinski definition) is 0. The third-order valence-corrected chi connectivity index (χ3v) is 1.43. The smallest absolute Gasteiger partial charge is 0.140 e. The van der Waals surface area contributed by atoms with Gasteiger partial charge in [0.25, 0.3) is 0 Å². The van der Waals surface area contributed by atoms with E-state index in [4.69, 9.17) is 10.00 Å². The van der Waals surface area contributed by atoms with Crippen LogP contribution in [0.4, 0.5) is 0 Å². The van der Waals surface area contributed by atoms with E-state index >= 15 is 0 Å². The van der Waals surface area contributed by atoms with Crippen molar-refractivity contribution < 1.29 is 4.74 Å². The quantitative estimate of drug-likeness (QED) is 0.657. The fourth-order valence-electron chi connectivity index (χ4n) is 0.772. The van der Waals surface area contributed by atoms with E-state index in [0.29, 0.717) is 18.1 Å². The fourth-order valence-corrected chi connectivity index (χ4v) is 0.772. The summed E-state index contributed by atoms with van der Waals surface area (Å²) in [6.45, 7) is 2.46. The Balaban J connectivity index is 2.55. The van der Waals surface area contributed by atoms with Crippen LogP contribution >= 0.6 is 0 Å². The lowest BCUT2D eigenvalue weighted by Crippen LogP contribution is -1.93. The Labute approximate surface area is 77.3 Å². The lowest BCUT2D eigenvalue weighted by molar-refractivity contribution is 0.361. The molecule has 13 heavy (non-hydrogen) atoms. The number of pyridine rings is 1. The molecule has 0 aliphatic heterocycles. The number of nitrogens with zero attached hydrogens (tertiary/aromatic N) is 2. The Hall–Kier alpha value is -1.82. The van der Waals surface area contributed by atoms with Gasteiger partial charge in [0.2, 0.25) is 0 Å². The molecule has 0 aromatic carbocycles. The molecule has 0 unspecified atom stereocenters. The molecule has 3 heteroatoms. The SMILES string of the molecule is C/C=C/COc1ccc(C#N)nc1. The van der Waals surface area contributed by atoms with Crippen LogP contribution in [-0.2, 0) is 0 Å². The minimum atomic E-state index is 0.401. The number of rotatable bonds is 3. The molecule has 0 aliphatic rings. The van der Waals surface area contributed by atoms with Gasteiger partial charge >= 0.3 is 0 Å². The van der Waals surface area contributed by atoms with Crippen molar-refractivity contribution in [1.82, 2.24) is 4.98 Å². The molecule has 0 atom stereocenters. The summed E-state index contributed by atoms with van der Waals surface area (Å²) in [4.78, 5) is 3.87. The molecule has 0 spiro atoms. The second-order valence-corrected chi connectivity index (χ2v) is 2.37. The highest BCUT2D eigenvalue weighted by Crippen LogP contribution is 2.08. The third kappa shape index (κ3) is 2.96. The first-order valence-electron chi connectivity index (χ1n) is 3.97. The summed E-state index contributed by atoms with van der Waals surface area (Å²) < 4.78 is 5.29. The van der Waals surface area contributed by atoms with Crippen LogP contribution in [0, 0.1) is 11.3 Å². The van der Waals surface area contributed by atoms with E-state index in [2.05, 4.69) is 4.98 Å². The van der Waals surface area contributed by atoms with E-state index in [1.54, 1.807) is 18.3 Å².